The molecule has 0 saturated carbocycles. The van der Waals surface area contributed by atoms with Gasteiger partial charge in [0.15, 0.2) is 0 Å². The first-order chi connectivity index (χ1) is 18.5. The number of ether oxygens (including phenoxy) is 1. The fourth-order valence-corrected chi connectivity index (χ4v) is 4.75. The van der Waals surface area contributed by atoms with Crippen LogP contribution in [0.15, 0.2) is 72.8 Å². The highest BCUT2D eigenvalue weighted by Gasteiger charge is 2.31. The Balaban J connectivity index is 1.34. The molecule has 3 aromatic carbocycles. The molecule has 3 aromatic rings. The number of aromatic hydroxyl groups is 1. The molecule has 6 nitrogen and oxygen atoms in total. The van der Waals surface area contributed by atoms with E-state index in [-0.39, 0.29) is 35.4 Å². The third-order valence-corrected chi connectivity index (χ3v) is 6.96. The number of nitrogens with zero attached hydrogens (tertiary/aromatic N) is 2. The van der Waals surface area contributed by atoms with Gasteiger partial charge in [0.1, 0.15) is 17.2 Å². The van der Waals surface area contributed by atoms with Gasteiger partial charge in [-0.05, 0) is 67.4 Å². The zero-order valence-electron chi connectivity index (χ0n) is 22.3. The van der Waals surface area contributed by atoms with Gasteiger partial charge in [-0.2, -0.15) is 13.2 Å². The van der Waals surface area contributed by atoms with Crippen molar-refractivity contribution in [2.75, 3.05) is 31.1 Å². The summed E-state index contributed by atoms with van der Waals surface area (Å²) >= 11 is 0. The number of phenols is 1. The maximum atomic E-state index is 13.0. The largest absolute Gasteiger partial charge is 0.508 e. The quantitative estimate of drug-likeness (QED) is 0.357. The average molecular weight is 542 g/mol. The standard InChI is InChI=1S/C30H34F3N3O3/c1-20(2)28(19-35-14-15-36(21(3)18-35)24-7-5-8-25(37)17-24)34-29(38)22-10-12-26(13-11-22)39-27-9-4-6-23(16-27)30(31,32)33/h4-13,16-17,20-21,28,37H,14-15,18-19H2,1-3H3,(H,34,38)/t21-,28+/m0/s1. The molecule has 208 valence electrons. The number of alkyl halides is 3. The Morgan fingerprint density at radius 1 is 1.03 bits per heavy atom. The monoisotopic (exact) mass is 541 g/mol. The van der Waals surface area contributed by atoms with E-state index in [0.717, 1.165) is 37.5 Å². The molecule has 0 spiro atoms. The summed E-state index contributed by atoms with van der Waals surface area (Å²) in [6, 6.07) is 18.5. The Hall–Kier alpha value is -3.72. The summed E-state index contributed by atoms with van der Waals surface area (Å²) in [4.78, 5) is 17.7. The highest BCUT2D eigenvalue weighted by atomic mass is 19.4. The second-order valence-electron chi connectivity index (χ2n) is 10.3. The van der Waals surface area contributed by atoms with Gasteiger partial charge in [0.2, 0.25) is 0 Å². The van der Waals surface area contributed by atoms with Crippen molar-refractivity contribution >= 4 is 11.6 Å². The Morgan fingerprint density at radius 3 is 2.38 bits per heavy atom. The summed E-state index contributed by atoms with van der Waals surface area (Å²) in [5.74, 6) is 0.646. The normalized spacial score (nSPS) is 17.2. The van der Waals surface area contributed by atoms with Crippen molar-refractivity contribution < 1.29 is 27.8 Å². The summed E-state index contributed by atoms with van der Waals surface area (Å²) < 4.78 is 44.5. The van der Waals surface area contributed by atoms with Crippen LogP contribution in [0.3, 0.4) is 0 Å². The van der Waals surface area contributed by atoms with E-state index in [2.05, 4.69) is 35.9 Å². The lowest BCUT2D eigenvalue weighted by Crippen LogP contribution is -2.56. The number of rotatable bonds is 8. The minimum atomic E-state index is -4.45. The van der Waals surface area contributed by atoms with Crippen molar-refractivity contribution in [2.45, 2.75) is 39.0 Å². The number of halogens is 3. The molecule has 0 aromatic heterocycles. The van der Waals surface area contributed by atoms with Gasteiger partial charge in [-0.15, -0.1) is 0 Å². The van der Waals surface area contributed by atoms with E-state index in [1.807, 2.05) is 12.1 Å². The summed E-state index contributed by atoms with van der Waals surface area (Å²) in [5.41, 5.74) is 0.654. The Labute approximate surface area is 227 Å². The van der Waals surface area contributed by atoms with Gasteiger partial charge >= 0.3 is 6.18 Å². The van der Waals surface area contributed by atoms with Crippen LogP contribution < -0.4 is 15.0 Å². The molecule has 1 saturated heterocycles. The molecule has 39 heavy (non-hydrogen) atoms. The van der Waals surface area contributed by atoms with Crippen LogP contribution in [-0.2, 0) is 6.18 Å². The second-order valence-corrected chi connectivity index (χ2v) is 10.3. The summed E-state index contributed by atoms with van der Waals surface area (Å²) in [7, 11) is 0. The maximum Gasteiger partial charge on any atom is 0.416 e. The van der Waals surface area contributed by atoms with Crippen LogP contribution in [-0.4, -0.2) is 54.2 Å². The third kappa shape index (κ3) is 7.44. The lowest BCUT2D eigenvalue weighted by molar-refractivity contribution is -0.137. The van der Waals surface area contributed by atoms with Crippen molar-refractivity contribution in [3.8, 4) is 17.2 Å². The summed E-state index contributed by atoms with van der Waals surface area (Å²) in [6.45, 7) is 9.49. The van der Waals surface area contributed by atoms with Crippen LogP contribution in [0.4, 0.5) is 18.9 Å². The third-order valence-electron chi connectivity index (χ3n) is 6.96. The fourth-order valence-electron chi connectivity index (χ4n) is 4.75. The van der Waals surface area contributed by atoms with Gasteiger partial charge in [0.05, 0.1) is 5.56 Å². The first-order valence-electron chi connectivity index (χ1n) is 13.0. The van der Waals surface area contributed by atoms with E-state index < -0.39 is 11.7 Å². The Kier molecular flexibility index (Phi) is 8.70. The molecule has 1 fully saturated rings. The van der Waals surface area contributed by atoms with Crippen molar-refractivity contribution in [1.29, 1.82) is 0 Å². The topological polar surface area (TPSA) is 65.0 Å². The molecule has 2 atom stereocenters. The minimum Gasteiger partial charge on any atom is -0.508 e. The van der Waals surface area contributed by atoms with Crippen molar-refractivity contribution in [3.63, 3.8) is 0 Å². The predicted octanol–water partition coefficient (Wildman–Crippen LogP) is 6.17. The van der Waals surface area contributed by atoms with E-state index >= 15 is 0 Å². The lowest BCUT2D eigenvalue weighted by atomic mass is 10.0. The van der Waals surface area contributed by atoms with E-state index in [9.17, 15) is 23.1 Å². The molecule has 2 N–H and O–H groups in total. The number of carbonyl (C=O) groups excluding carboxylic acids is 1. The molecule has 1 aliphatic rings. The van der Waals surface area contributed by atoms with Crippen LogP contribution in [0.2, 0.25) is 0 Å². The molecule has 0 radical (unpaired) electrons. The van der Waals surface area contributed by atoms with Gasteiger partial charge in [0.25, 0.3) is 5.91 Å². The molecule has 1 amide bonds. The highest BCUT2D eigenvalue weighted by molar-refractivity contribution is 5.94. The number of hydrogen-bond acceptors (Lipinski definition) is 5. The molecule has 4 rings (SSSR count). The predicted molar refractivity (Wildman–Crippen MR) is 145 cm³/mol. The van der Waals surface area contributed by atoms with Crippen LogP contribution in [0, 0.1) is 5.92 Å². The molecule has 1 aliphatic heterocycles. The molecule has 1 heterocycles. The zero-order valence-corrected chi connectivity index (χ0v) is 22.3. The molecular formula is C30H34F3N3O3. The average Bonchev–Trinajstić information content (AvgIpc) is 2.88. The first kappa shape index (κ1) is 28.3. The van der Waals surface area contributed by atoms with Crippen molar-refractivity contribution in [1.82, 2.24) is 10.2 Å². The first-order valence-corrected chi connectivity index (χ1v) is 13.0. The summed E-state index contributed by atoms with van der Waals surface area (Å²) in [6.07, 6.45) is -4.45. The van der Waals surface area contributed by atoms with Gasteiger partial charge in [-0.1, -0.05) is 26.0 Å². The highest BCUT2D eigenvalue weighted by Crippen LogP contribution is 2.33. The van der Waals surface area contributed by atoms with E-state index in [4.69, 9.17) is 4.74 Å². The van der Waals surface area contributed by atoms with Crippen LogP contribution in [0.25, 0.3) is 0 Å². The molecular weight excluding hydrogens is 507 g/mol. The minimum absolute atomic E-state index is 0.0697. The number of piperazine rings is 1. The Morgan fingerprint density at radius 2 is 1.74 bits per heavy atom. The van der Waals surface area contributed by atoms with Gasteiger partial charge < -0.3 is 20.1 Å². The van der Waals surface area contributed by atoms with Crippen LogP contribution in [0.1, 0.15) is 36.7 Å². The number of carbonyl (C=O) groups is 1. The lowest BCUT2D eigenvalue weighted by Gasteiger charge is -2.42. The summed E-state index contributed by atoms with van der Waals surface area (Å²) in [5, 5.41) is 13.0. The number of hydrogen-bond donors (Lipinski definition) is 2. The van der Waals surface area contributed by atoms with Crippen molar-refractivity contribution in [2.24, 2.45) is 5.92 Å². The van der Waals surface area contributed by atoms with Crippen LogP contribution >= 0.6 is 0 Å². The SMILES string of the molecule is CC(C)[C@@H](CN1CCN(c2cccc(O)c2)[C@@H](C)C1)NC(=O)c1ccc(Oc2cccc(C(F)(F)F)c2)cc1. The number of benzene rings is 3. The van der Waals surface area contributed by atoms with Gasteiger partial charge in [-0.3, -0.25) is 9.69 Å². The molecule has 0 unspecified atom stereocenters. The number of nitrogens with one attached hydrogen (secondary N) is 1. The number of phenolic OH excluding ortho intramolecular Hbond substituents is 1. The molecule has 0 aliphatic carbocycles. The van der Waals surface area contributed by atoms with E-state index in [0.29, 0.717) is 17.9 Å². The smallest absolute Gasteiger partial charge is 0.416 e. The second kappa shape index (κ2) is 12.0. The Bertz CT molecular complexity index is 1260. The fraction of sp³-hybridized carbons (Fsp3) is 0.367. The zero-order chi connectivity index (χ0) is 28.2. The number of anilines is 1. The number of amides is 1. The van der Waals surface area contributed by atoms with Crippen LogP contribution in [0.5, 0.6) is 17.2 Å². The van der Waals surface area contributed by atoms with Crippen molar-refractivity contribution in [3.05, 3.63) is 83.9 Å². The molecule has 0 bridgehead atoms. The van der Waals surface area contributed by atoms with Gasteiger partial charge in [0, 0.05) is 55.6 Å². The van der Waals surface area contributed by atoms with E-state index in [1.165, 1.54) is 12.1 Å². The van der Waals surface area contributed by atoms with Gasteiger partial charge in [-0.25, -0.2) is 0 Å². The van der Waals surface area contributed by atoms with E-state index in [1.54, 1.807) is 36.4 Å². The maximum absolute atomic E-state index is 13.0. The molecule has 9 heteroatoms.